The van der Waals surface area contributed by atoms with Gasteiger partial charge in [-0.2, -0.15) is 0 Å². The van der Waals surface area contributed by atoms with Crippen molar-refractivity contribution in [2.75, 3.05) is 20.2 Å². The van der Waals surface area contributed by atoms with E-state index in [0.717, 1.165) is 25.3 Å². The van der Waals surface area contributed by atoms with Crippen LogP contribution in [0.25, 0.3) is 0 Å². The van der Waals surface area contributed by atoms with E-state index in [1.807, 2.05) is 0 Å². The molecule has 0 spiro atoms. The zero-order chi connectivity index (χ0) is 16.2. The van der Waals surface area contributed by atoms with Gasteiger partial charge in [0.25, 0.3) is 0 Å². The molecule has 3 heteroatoms. The molecule has 2 aliphatic carbocycles. The van der Waals surface area contributed by atoms with Gasteiger partial charge in [0.1, 0.15) is 0 Å². The number of hydrogen-bond acceptors (Lipinski definition) is 3. The van der Waals surface area contributed by atoms with Crippen molar-refractivity contribution in [1.29, 1.82) is 0 Å². The zero-order valence-electron chi connectivity index (χ0n) is 15.2. The SMILES string of the molecule is C[C@@H]1C[C@H](OC[C@H](O)CN(C)C2CCCCC2)CC(C)(C)C1. The first-order valence-corrected chi connectivity index (χ1v) is 9.35. The van der Waals surface area contributed by atoms with Gasteiger partial charge in [0.2, 0.25) is 0 Å². The topological polar surface area (TPSA) is 32.7 Å². The second-order valence-electron chi connectivity index (χ2n) is 8.75. The Bertz CT molecular complexity index is 325. The first-order valence-electron chi connectivity index (χ1n) is 9.35. The number of rotatable bonds is 6. The maximum atomic E-state index is 10.3. The van der Waals surface area contributed by atoms with E-state index in [4.69, 9.17) is 4.74 Å². The van der Waals surface area contributed by atoms with Gasteiger partial charge in [-0.15, -0.1) is 0 Å². The van der Waals surface area contributed by atoms with Crippen LogP contribution in [0.15, 0.2) is 0 Å². The smallest absolute Gasteiger partial charge is 0.0900 e. The Hall–Kier alpha value is -0.120. The van der Waals surface area contributed by atoms with Gasteiger partial charge >= 0.3 is 0 Å². The van der Waals surface area contributed by atoms with Gasteiger partial charge in [-0.1, -0.05) is 40.0 Å². The Morgan fingerprint density at radius 2 is 1.86 bits per heavy atom. The summed E-state index contributed by atoms with van der Waals surface area (Å²) in [4.78, 5) is 2.35. The van der Waals surface area contributed by atoms with E-state index in [9.17, 15) is 5.11 Å². The Morgan fingerprint density at radius 1 is 1.18 bits per heavy atom. The summed E-state index contributed by atoms with van der Waals surface area (Å²) < 4.78 is 6.06. The van der Waals surface area contributed by atoms with Crippen LogP contribution < -0.4 is 0 Å². The molecule has 2 aliphatic rings. The lowest BCUT2D eigenvalue weighted by Crippen LogP contribution is -2.41. The van der Waals surface area contributed by atoms with Crippen molar-refractivity contribution < 1.29 is 9.84 Å². The molecular weight excluding hydrogens is 274 g/mol. The molecule has 22 heavy (non-hydrogen) atoms. The molecule has 2 fully saturated rings. The Kier molecular flexibility index (Phi) is 6.73. The molecule has 3 atom stereocenters. The lowest BCUT2D eigenvalue weighted by Gasteiger charge is -2.39. The minimum atomic E-state index is -0.354. The minimum absolute atomic E-state index is 0.327. The molecule has 3 nitrogen and oxygen atoms in total. The maximum absolute atomic E-state index is 10.3. The van der Waals surface area contributed by atoms with Crippen molar-refractivity contribution >= 4 is 0 Å². The van der Waals surface area contributed by atoms with Gasteiger partial charge in [0.05, 0.1) is 18.8 Å². The molecule has 0 aromatic carbocycles. The molecule has 0 heterocycles. The minimum Gasteiger partial charge on any atom is -0.389 e. The van der Waals surface area contributed by atoms with Crippen molar-refractivity contribution in [3.63, 3.8) is 0 Å². The second-order valence-corrected chi connectivity index (χ2v) is 8.75. The highest BCUT2D eigenvalue weighted by Crippen LogP contribution is 2.39. The van der Waals surface area contributed by atoms with E-state index < -0.39 is 0 Å². The van der Waals surface area contributed by atoms with Gasteiger partial charge < -0.3 is 14.7 Å². The van der Waals surface area contributed by atoms with Crippen LogP contribution in [0.2, 0.25) is 0 Å². The first-order chi connectivity index (χ1) is 10.4. The fraction of sp³-hybridized carbons (Fsp3) is 1.00. The van der Waals surface area contributed by atoms with Crippen molar-refractivity contribution in [2.24, 2.45) is 11.3 Å². The third-order valence-corrected chi connectivity index (χ3v) is 5.57. The van der Waals surface area contributed by atoms with Crippen LogP contribution >= 0.6 is 0 Å². The number of nitrogens with zero attached hydrogens (tertiary/aromatic N) is 1. The number of aliphatic hydroxyl groups excluding tert-OH is 1. The van der Waals surface area contributed by atoms with Gasteiger partial charge in [-0.25, -0.2) is 0 Å². The highest BCUT2D eigenvalue weighted by atomic mass is 16.5. The lowest BCUT2D eigenvalue weighted by atomic mass is 9.71. The summed E-state index contributed by atoms with van der Waals surface area (Å²) in [5, 5.41) is 10.3. The summed E-state index contributed by atoms with van der Waals surface area (Å²) in [7, 11) is 2.16. The molecule has 2 rings (SSSR count). The number of hydrogen-bond donors (Lipinski definition) is 1. The molecule has 0 saturated heterocycles. The monoisotopic (exact) mass is 311 g/mol. The summed E-state index contributed by atoms with van der Waals surface area (Å²) >= 11 is 0. The Balaban J connectivity index is 1.69. The third kappa shape index (κ3) is 5.82. The molecule has 0 radical (unpaired) electrons. The highest BCUT2D eigenvalue weighted by Gasteiger charge is 2.32. The molecule has 0 bridgehead atoms. The third-order valence-electron chi connectivity index (χ3n) is 5.57. The Morgan fingerprint density at radius 3 is 2.50 bits per heavy atom. The van der Waals surface area contributed by atoms with Crippen LogP contribution in [0.3, 0.4) is 0 Å². The van der Waals surface area contributed by atoms with E-state index in [2.05, 4.69) is 32.7 Å². The molecule has 130 valence electrons. The van der Waals surface area contributed by atoms with Crippen LogP contribution in [-0.4, -0.2) is 48.5 Å². The standard InChI is InChI=1S/C19H37NO2/c1-15-10-18(12-19(2,3)11-15)22-14-17(21)13-20(4)16-8-6-5-7-9-16/h15-18,21H,5-14H2,1-4H3/t15-,17-,18+/m1/s1. The molecule has 0 aliphatic heterocycles. The zero-order valence-corrected chi connectivity index (χ0v) is 15.2. The molecule has 0 amide bonds. The summed E-state index contributed by atoms with van der Waals surface area (Å²) in [5.74, 6) is 0.732. The van der Waals surface area contributed by atoms with Crippen molar-refractivity contribution in [2.45, 2.75) is 90.4 Å². The lowest BCUT2D eigenvalue weighted by molar-refractivity contribution is -0.0626. The highest BCUT2D eigenvalue weighted by molar-refractivity contribution is 4.84. The number of likely N-dealkylation sites (N-methyl/N-ethyl adjacent to an activating group) is 1. The first kappa shape index (κ1) is 18.2. The van der Waals surface area contributed by atoms with Crippen LogP contribution in [0.1, 0.15) is 72.1 Å². The number of ether oxygens (including phenoxy) is 1. The molecule has 1 N–H and O–H groups in total. The maximum Gasteiger partial charge on any atom is 0.0900 e. The fourth-order valence-corrected chi connectivity index (χ4v) is 4.69. The summed E-state index contributed by atoms with van der Waals surface area (Å²) in [6, 6.07) is 0.664. The Labute approximate surface area is 137 Å². The van der Waals surface area contributed by atoms with Gasteiger partial charge in [0, 0.05) is 12.6 Å². The number of aliphatic hydroxyl groups is 1. The van der Waals surface area contributed by atoms with Crippen LogP contribution in [-0.2, 0) is 4.74 Å². The summed E-state index contributed by atoms with van der Waals surface area (Å²) in [6.45, 7) is 8.24. The average Bonchev–Trinajstić information content (AvgIpc) is 2.44. The molecular formula is C19H37NO2. The van der Waals surface area contributed by atoms with E-state index in [-0.39, 0.29) is 6.10 Å². The molecule has 0 unspecified atom stereocenters. The van der Waals surface area contributed by atoms with Crippen LogP contribution in [0.5, 0.6) is 0 Å². The fourth-order valence-electron chi connectivity index (χ4n) is 4.69. The normalized spacial score (nSPS) is 31.4. The molecule has 0 aromatic heterocycles. The van der Waals surface area contributed by atoms with Crippen molar-refractivity contribution in [3.05, 3.63) is 0 Å². The predicted molar refractivity (Wildman–Crippen MR) is 92.0 cm³/mol. The largest absolute Gasteiger partial charge is 0.389 e. The van der Waals surface area contributed by atoms with E-state index >= 15 is 0 Å². The quantitative estimate of drug-likeness (QED) is 0.809. The van der Waals surface area contributed by atoms with Crippen LogP contribution in [0, 0.1) is 11.3 Å². The summed E-state index contributed by atoms with van der Waals surface area (Å²) in [5.41, 5.74) is 0.381. The van der Waals surface area contributed by atoms with Gasteiger partial charge in [-0.05, 0) is 50.5 Å². The molecule has 2 saturated carbocycles. The van der Waals surface area contributed by atoms with Gasteiger partial charge in [-0.3, -0.25) is 0 Å². The van der Waals surface area contributed by atoms with Crippen molar-refractivity contribution in [1.82, 2.24) is 4.90 Å². The van der Waals surface area contributed by atoms with Crippen molar-refractivity contribution in [3.8, 4) is 0 Å². The van der Waals surface area contributed by atoms with Gasteiger partial charge in [0.15, 0.2) is 0 Å². The van der Waals surface area contributed by atoms with E-state index in [1.54, 1.807) is 0 Å². The van der Waals surface area contributed by atoms with Crippen LogP contribution in [0.4, 0.5) is 0 Å². The van der Waals surface area contributed by atoms with E-state index in [1.165, 1.54) is 38.5 Å². The summed E-state index contributed by atoms with van der Waals surface area (Å²) in [6.07, 6.45) is 10.2. The average molecular weight is 312 g/mol. The second kappa shape index (κ2) is 8.12. The molecule has 0 aromatic rings. The predicted octanol–water partition coefficient (Wildman–Crippen LogP) is 3.84. The van der Waals surface area contributed by atoms with E-state index in [0.29, 0.717) is 24.2 Å².